The van der Waals surface area contributed by atoms with E-state index in [4.69, 9.17) is 0 Å². The van der Waals surface area contributed by atoms with Gasteiger partial charge in [-0.05, 0) is 71.0 Å². The fraction of sp³-hybridized carbons (Fsp3) is 0.450. The van der Waals surface area contributed by atoms with Crippen LogP contribution in [-0.4, -0.2) is 46.9 Å². The molecule has 1 aromatic heterocycles. The van der Waals surface area contributed by atoms with E-state index in [-0.39, 0.29) is 5.78 Å². The maximum Gasteiger partial charge on any atom is 0.186 e. The van der Waals surface area contributed by atoms with Crippen LogP contribution in [-0.2, 0) is 6.54 Å². The lowest BCUT2D eigenvalue weighted by molar-refractivity contribution is -0.00352. The zero-order chi connectivity index (χ0) is 18.1. The second-order valence-electron chi connectivity index (χ2n) is 7.25. The maximum atomic E-state index is 12.4. The number of rotatable bonds is 5. The van der Waals surface area contributed by atoms with E-state index >= 15 is 0 Å². The zero-order valence-electron chi connectivity index (χ0n) is 14.6. The predicted octanol–water partition coefficient (Wildman–Crippen LogP) is 3.91. The third kappa shape index (κ3) is 3.94. The van der Waals surface area contributed by atoms with Gasteiger partial charge in [-0.15, -0.1) is 11.3 Å². The highest BCUT2D eigenvalue weighted by Crippen LogP contribution is 2.33. The molecule has 1 atom stereocenters. The summed E-state index contributed by atoms with van der Waals surface area (Å²) in [5.41, 5.74) is 2.29. The van der Waals surface area contributed by atoms with Crippen LogP contribution in [0, 0.1) is 5.92 Å². The molecule has 2 aliphatic heterocycles. The van der Waals surface area contributed by atoms with E-state index in [0.29, 0.717) is 12.5 Å². The van der Waals surface area contributed by atoms with Crippen molar-refractivity contribution in [3.8, 4) is 0 Å². The van der Waals surface area contributed by atoms with Gasteiger partial charge in [-0.3, -0.25) is 14.6 Å². The molecule has 26 heavy (non-hydrogen) atoms. The molecule has 4 rings (SSSR count). The average molecular weight is 435 g/mol. The molecule has 1 N–H and O–H groups in total. The van der Waals surface area contributed by atoms with Crippen molar-refractivity contribution in [3.63, 3.8) is 0 Å². The van der Waals surface area contributed by atoms with Crippen LogP contribution < -0.4 is 0 Å². The molecule has 0 spiro atoms. The summed E-state index contributed by atoms with van der Waals surface area (Å²) in [6, 6.07) is 12.0. The van der Waals surface area contributed by atoms with E-state index in [9.17, 15) is 9.90 Å². The number of ketones is 1. The summed E-state index contributed by atoms with van der Waals surface area (Å²) in [5.74, 6) is 0.797. The van der Waals surface area contributed by atoms with E-state index < -0.39 is 6.23 Å². The smallest absolute Gasteiger partial charge is 0.186 e. The van der Waals surface area contributed by atoms with E-state index in [1.54, 1.807) is 0 Å². The molecular formula is C20H23BrN2O2S. The Bertz CT molecular complexity index is 786. The van der Waals surface area contributed by atoms with Crippen LogP contribution in [0.2, 0.25) is 0 Å². The second kappa shape index (κ2) is 7.90. The van der Waals surface area contributed by atoms with Gasteiger partial charge in [0.25, 0.3) is 0 Å². The van der Waals surface area contributed by atoms with Gasteiger partial charge in [-0.2, -0.15) is 0 Å². The molecule has 138 valence electrons. The third-order valence-corrected chi connectivity index (χ3v) is 7.13. The number of nitrogens with zero attached hydrogens (tertiary/aromatic N) is 2. The third-order valence-electron chi connectivity index (χ3n) is 5.47. The molecule has 1 unspecified atom stereocenters. The lowest BCUT2D eigenvalue weighted by atomic mass is 9.96. The Hall–Kier alpha value is -1.05. The van der Waals surface area contributed by atoms with E-state index in [0.717, 1.165) is 53.2 Å². The van der Waals surface area contributed by atoms with Crippen LogP contribution in [0.1, 0.15) is 39.9 Å². The summed E-state index contributed by atoms with van der Waals surface area (Å²) >= 11 is 4.92. The number of carbonyl (C=O) groups excluding carboxylic acids is 1. The highest BCUT2D eigenvalue weighted by molar-refractivity contribution is 9.11. The fourth-order valence-corrected chi connectivity index (χ4v) is 5.32. The summed E-state index contributed by atoms with van der Waals surface area (Å²) in [5, 5.41) is 10.5. The van der Waals surface area contributed by atoms with Gasteiger partial charge in [0.2, 0.25) is 0 Å². The molecule has 0 saturated carbocycles. The number of aliphatic hydroxyl groups excluding tert-OH is 1. The molecule has 0 bridgehead atoms. The summed E-state index contributed by atoms with van der Waals surface area (Å²) in [4.78, 5) is 17.6. The number of benzene rings is 1. The van der Waals surface area contributed by atoms with Crippen LogP contribution in [0.4, 0.5) is 0 Å². The molecule has 4 nitrogen and oxygen atoms in total. The normalized spacial score (nSPS) is 21.8. The van der Waals surface area contributed by atoms with Crippen molar-refractivity contribution in [2.24, 2.45) is 5.92 Å². The van der Waals surface area contributed by atoms with Crippen molar-refractivity contribution < 1.29 is 9.90 Å². The topological polar surface area (TPSA) is 43.8 Å². The number of hydrogen-bond acceptors (Lipinski definition) is 5. The molecule has 1 fully saturated rings. The SMILES string of the molecule is O=C(CN1CCC(CN2Cc3ccccc3C2O)CC1)c1ccc(Br)s1. The first-order chi connectivity index (χ1) is 12.6. The number of Topliss-reactive ketones (excluding diaryl/α,β-unsaturated/α-hetero) is 1. The molecule has 2 aliphatic rings. The number of fused-ring (bicyclic) bond motifs is 1. The minimum atomic E-state index is -0.469. The minimum absolute atomic E-state index is 0.213. The molecule has 0 radical (unpaired) electrons. The number of thiophene rings is 1. The molecule has 1 saturated heterocycles. The first-order valence-electron chi connectivity index (χ1n) is 9.11. The Morgan fingerprint density at radius 3 is 2.65 bits per heavy atom. The van der Waals surface area contributed by atoms with Crippen molar-refractivity contribution >= 4 is 33.0 Å². The Morgan fingerprint density at radius 2 is 1.96 bits per heavy atom. The molecule has 2 aromatic rings. The highest BCUT2D eigenvalue weighted by Gasteiger charge is 2.31. The van der Waals surface area contributed by atoms with Crippen LogP contribution in [0.3, 0.4) is 0 Å². The number of halogens is 1. The van der Waals surface area contributed by atoms with Gasteiger partial charge < -0.3 is 5.11 Å². The predicted molar refractivity (Wildman–Crippen MR) is 107 cm³/mol. The second-order valence-corrected chi connectivity index (χ2v) is 9.71. The zero-order valence-corrected chi connectivity index (χ0v) is 17.0. The number of likely N-dealkylation sites (tertiary alicyclic amines) is 1. The summed E-state index contributed by atoms with van der Waals surface area (Å²) in [7, 11) is 0. The van der Waals surface area contributed by atoms with E-state index in [2.05, 4.69) is 31.8 Å². The summed E-state index contributed by atoms with van der Waals surface area (Å²) in [6.07, 6.45) is 1.70. The summed E-state index contributed by atoms with van der Waals surface area (Å²) in [6.45, 7) is 4.19. The lowest BCUT2D eigenvalue weighted by Gasteiger charge is -2.34. The van der Waals surface area contributed by atoms with Crippen molar-refractivity contribution in [2.75, 3.05) is 26.2 Å². The van der Waals surface area contributed by atoms with Gasteiger partial charge in [0.15, 0.2) is 5.78 Å². The van der Waals surface area contributed by atoms with Gasteiger partial charge in [0, 0.05) is 13.1 Å². The Balaban J connectivity index is 1.26. The van der Waals surface area contributed by atoms with Gasteiger partial charge >= 0.3 is 0 Å². The first-order valence-corrected chi connectivity index (χ1v) is 10.7. The molecule has 0 aliphatic carbocycles. The van der Waals surface area contributed by atoms with E-state index in [1.165, 1.54) is 16.9 Å². The lowest BCUT2D eigenvalue weighted by Crippen LogP contribution is -2.40. The quantitative estimate of drug-likeness (QED) is 0.724. The maximum absolute atomic E-state index is 12.4. The van der Waals surface area contributed by atoms with Gasteiger partial charge in [0.1, 0.15) is 6.23 Å². The highest BCUT2D eigenvalue weighted by atomic mass is 79.9. The monoisotopic (exact) mass is 434 g/mol. The van der Waals surface area contributed by atoms with Crippen molar-refractivity contribution in [1.29, 1.82) is 0 Å². The number of hydrogen-bond donors (Lipinski definition) is 1. The van der Waals surface area contributed by atoms with Crippen LogP contribution in [0.15, 0.2) is 40.2 Å². The van der Waals surface area contributed by atoms with Gasteiger partial charge in [-0.1, -0.05) is 24.3 Å². The van der Waals surface area contributed by atoms with Gasteiger partial charge in [-0.25, -0.2) is 0 Å². The van der Waals surface area contributed by atoms with Crippen LogP contribution >= 0.6 is 27.3 Å². The number of piperidine rings is 1. The Morgan fingerprint density at radius 1 is 1.19 bits per heavy atom. The number of carbonyl (C=O) groups is 1. The standard InChI is InChI=1S/C20H23BrN2O2S/c21-19-6-5-18(26-19)17(24)13-22-9-7-14(8-10-22)11-23-12-15-3-1-2-4-16(15)20(23)25/h1-6,14,20,25H,7-13H2. The largest absolute Gasteiger partial charge is 0.374 e. The van der Waals surface area contributed by atoms with E-state index in [1.807, 2.05) is 30.3 Å². The van der Waals surface area contributed by atoms with Crippen molar-refractivity contribution in [2.45, 2.75) is 25.6 Å². The molecule has 6 heteroatoms. The van der Waals surface area contributed by atoms with Crippen LogP contribution in [0.25, 0.3) is 0 Å². The fourth-order valence-electron chi connectivity index (χ4n) is 4.00. The van der Waals surface area contributed by atoms with Crippen molar-refractivity contribution in [3.05, 3.63) is 56.2 Å². The average Bonchev–Trinajstić information content (AvgIpc) is 3.21. The van der Waals surface area contributed by atoms with Crippen LogP contribution in [0.5, 0.6) is 0 Å². The number of aliphatic hydroxyl groups is 1. The summed E-state index contributed by atoms with van der Waals surface area (Å²) < 4.78 is 1.00. The molecular weight excluding hydrogens is 412 g/mol. The molecule has 1 aromatic carbocycles. The molecule has 3 heterocycles. The first kappa shape index (κ1) is 18.3. The van der Waals surface area contributed by atoms with Gasteiger partial charge in [0.05, 0.1) is 15.2 Å². The Kier molecular flexibility index (Phi) is 5.57. The Labute approximate surface area is 166 Å². The minimum Gasteiger partial charge on any atom is -0.374 e. The van der Waals surface area contributed by atoms with Crippen molar-refractivity contribution in [1.82, 2.24) is 9.80 Å². The molecule has 0 amide bonds.